The summed E-state index contributed by atoms with van der Waals surface area (Å²) in [6.45, 7) is 2.36. The molecule has 2 amide bonds. The Morgan fingerprint density at radius 3 is 2.28 bits per heavy atom. The topological polar surface area (TPSA) is 95.9 Å². The molecular formula is C28H25BrN2O5. The van der Waals surface area contributed by atoms with Gasteiger partial charge in [-0.2, -0.15) is 0 Å². The van der Waals surface area contributed by atoms with Crippen LogP contribution in [0.4, 0.5) is 5.69 Å². The zero-order valence-electron chi connectivity index (χ0n) is 19.6. The number of nitrogens with one attached hydrogen (secondary N) is 1. The highest BCUT2D eigenvalue weighted by molar-refractivity contribution is 9.10. The van der Waals surface area contributed by atoms with Crippen molar-refractivity contribution in [3.8, 4) is 5.75 Å². The average Bonchev–Trinajstić information content (AvgIpc) is 3.35. The second kappa shape index (κ2) is 9.52. The number of imide groups is 1. The predicted octanol–water partition coefficient (Wildman–Crippen LogP) is 4.36. The second-order valence-corrected chi connectivity index (χ2v) is 9.97. The molecule has 4 atom stereocenters. The number of anilines is 1. The van der Waals surface area contributed by atoms with Crippen LogP contribution in [0, 0.1) is 11.8 Å². The molecule has 5 rings (SSSR count). The quantitative estimate of drug-likeness (QED) is 0.426. The number of hydrogen-bond donors (Lipinski definition) is 2. The molecule has 2 saturated heterocycles. The van der Waals surface area contributed by atoms with Gasteiger partial charge in [0.15, 0.2) is 0 Å². The number of carbonyl (C=O) groups excluding carboxylic acids is 2. The number of carboxylic acid groups (broad SMARTS) is 1. The van der Waals surface area contributed by atoms with Crippen molar-refractivity contribution in [1.82, 2.24) is 5.32 Å². The van der Waals surface area contributed by atoms with E-state index < -0.39 is 41.2 Å². The number of halogens is 1. The lowest BCUT2D eigenvalue weighted by molar-refractivity contribution is -0.148. The summed E-state index contributed by atoms with van der Waals surface area (Å²) in [5.74, 6) is -3.41. The van der Waals surface area contributed by atoms with Crippen molar-refractivity contribution in [3.05, 3.63) is 94.5 Å². The van der Waals surface area contributed by atoms with E-state index in [1.807, 2.05) is 61.5 Å². The highest BCUT2D eigenvalue weighted by Gasteiger charge is 2.68. The van der Waals surface area contributed by atoms with E-state index in [-0.39, 0.29) is 6.42 Å². The molecule has 2 fully saturated rings. The number of ether oxygens (including phenoxy) is 1. The van der Waals surface area contributed by atoms with Crippen molar-refractivity contribution >= 4 is 39.4 Å². The molecule has 4 unspecified atom stereocenters. The van der Waals surface area contributed by atoms with Crippen LogP contribution in [-0.2, 0) is 20.8 Å². The van der Waals surface area contributed by atoms with Crippen LogP contribution in [0.5, 0.6) is 5.75 Å². The van der Waals surface area contributed by atoms with Crippen molar-refractivity contribution in [2.24, 2.45) is 11.8 Å². The molecule has 0 aromatic heterocycles. The van der Waals surface area contributed by atoms with E-state index in [9.17, 15) is 19.5 Å². The number of rotatable bonds is 7. The van der Waals surface area contributed by atoms with Crippen LogP contribution in [-0.4, -0.2) is 35.0 Å². The van der Waals surface area contributed by atoms with Gasteiger partial charge in [0.2, 0.25) is 11.8 Å². The normalized spacial score (nSPS) is 25.2. The Morgan fingerprint density at radius 1 is 1.00 bits per heavy atom. The number of hydrogen-bond acceptors (Lipinski definition) is 5. The highest BCUT2D eigenvalue weighted by Crippen LogP contribution is 2.51. The molecule has 36 heavy (non-hydrogen) atoms. The fourth-order valence-corrected chi connectivity index (χ4v) is 5.69. The number of fused-ring (bicyclic) bond motifs is 1. The number of carbonyl (C=O) groups is 3. The number of benzene rings is 3. The lowest BCUT2D eigenvalue weighted by Gasteiger charge is -2.31. The third kappa shape index (κ3) is 4.00. The van der Waals surface area contributed by atoms with Gasteiger partial charge in [-0.05, 0) is 54.4 Å². The third-order valence-electron chi connectivity index (χ3n) is 7.00. The maximum atomic E-state index is 13.9. The first-order valence-electron chi connectivity index (χ1n) is 11.8. The molecule has 2 heterocycles. The van der Waals surface area contributed by atoms with E-state index in [4.69, 9.17) is 4.74 Å². The summed E-state index contributed by atoms with van der Waals surface area (Å²) in [6, 6.07) is 22.6. The van der Waals surface area contributed by atoms with E-state index in [1.165, 1.54) is 0 Å². The summed E-state index contributed by atoms with van der Waals surface area (Å²) >= 11 is 3.42. The minimum absolute atomic E-state index is 0.0630. The van der Waals surface area contributed by atoms with E-state index >= 15 is 0 Å². The Bertz CT molecular complexity index is 1300. The largest absolute Gasteiger partial charge is 0.494 e. The molecule has 0 radical (unpaired) electrons. The van der Waals surface area contributed by atoms with Crippen molar-refractivity contribution in [2.75, 3.05) is 11.5 Å². The Hall–Kier alpha value is -3.49. The van der Waals surface area contributed by atoms with Crippen LogP contribution in [0.1, 0.15) is 24.1 Å². The van der Waals surface area contributed by atoms with Crippen LogP contribution in [0.3, 0.4) is 0 Å². The second-order valence-electron chi connectivity index (χ2n) is 9.05. The van der Waals surface area contributed by atoms with E-state index in [0.29, 0.717) is 18.0 Å². The molecule has 184 valence electrons. The minimum Gasteiger partial charge on any atom is -0.494 e. The van der Waals surface area contributed by atoms with E-state index in [1.54, 1.807) is 24.3 Å². The van der Waals surface area contributed by atoms with Gasteiger partial charge in [0.1, 0.15) is 11.3 Å². The maximum Gasteiger partial charge on any atom is 0.325 e. The minimum atomic E-state index is -1.66. The highest BCUT2D eigenvalue weighted by atomic mass is 79.9. The summed E-state index contributed by atoms with van der Waals surface area (Å²) in [4.78, 5) is 41.9. The lowest BCUT2D eigenvalue weighted by Crippen LogP contribution is -2.57. The molecule has 2 N–H and O–H groups in total. The van der Waals surface area contributed by atoms with Crippen LogP contribution in [0.15, 0.2) is 83.3 Å². The molecule has 2 aliphatic heterocycles. The monoisotopic (exact) mass is 548 g/mol. The predicted molar refractivity (Wildman–Crippen MR) is 138 cm³/mol. The van der Waals surface area contributed by atoms with Gasteiger partial charge in [0.05, 0.1) is 24.1 Å². The fraction of sp³-hybridized carbons (Fsp3) is 0.250. The standard InChI is InChI=1S/C28H25BrN2O5/c1-2-36-21-14-12-20(13-15-21)31-25(32)22-23(26(31)33)28(27(34)35,16-17-6-4-3-5-7-17)30-24(22)18-8-10-19(29)11-9-18/h3-15,22-24,30H,2,16H2,1H3,(H,34,35). The van der Waals surface area contributed by atoms with Crippen molar-refractivity contribution in [3.63, 3.8) is 0 Å². The van der Waals surface area contributed by atoms with E-state index in [0.717, 1.165) is 20.5 Å². The smallest absolute Gasteiger partial charge is 0.325 e. The number of aliphatic carboxylic acids is 1. The van der Waals surface area contributed by atoms with Crippen molar-refractivity contribution in [1.29, 1.82) is 0 Å². The summed E-state index contributed by atoms with van der Waals surface area (Å²) in [6.07, 6.45) is 0.0630. The van der Waals surface area contributed by atoms with Gasteiger partial charge >= 0.3 is 5.97 Å². The van der Waals surface area contributed by atoms with Gasteiger partial charge in [-0.25, -0.2) is 4.90 Å². The van der Waals surface area contributed by atoms with Crippen LogP contribution >= 0.6 is 15.9 Å². The maximum absolute atomic E-state index is 13.9. The summed E-state index contributed by atoms with van der Waals surface area (Å²) in [5.41, 5.74) is 0.258. The van der Waals surface area contributed by atoms with Crippen LogP contribution in [0.25, 0.3) is 0 Å². The van der Waals surface area contributed by atoms with Crippen LogP contribution < -0.4 is 15.0 Å². The first-order chi connectivity index (χ1) is 17.4. The zero-order chi connectivity index (χ0) is 25.4. The summed E-state index contributed by atoms with van der Waals surface area (Å²) in [5, 5.41) is 13.8. The van der Waals surface area contributed by atoms with Gasteiger partial charge in [-0.15, -0.1) is 0 Å². The molecular weight excluding hydrogens is 524 g/mol. The molecule has 0 bridgehead atoms. The van der Waals surface area contributed by atoms with Gasteiger partial charge in [-0.1, -0.05) is 58.4 Å². The lowest BCUT2D eigenvalue weighted by atomic mass is 9.76. The molecule has 0 aliphatic carbocycles. The first kappa shape index (κ1) is 24.2. The van der Waals surface area contributed by atoms with Crippen molar-refractivity contribution < 1.29 is 24.2 Å². The molecule has 3 aromatic carbocycles. The molecule has 3 aromatic rings. The first-order valence-corrected chi connectivity index (χ1v) is 12.6. The number of nitrogens with zero attached hydrogens (tertiary/aromatic N) is 1. The molecule has 0 saturated carbocycles. The fourth-order valence-electron chi connectivity index (χ4n) is 5.42. The van der Waals surface area contributed by atoms with Gasteiger partial charge in [0, 0.05) is 16.9 Å². The number of carboxylic acids is 1. The molecule has 0 spiro atoms. The third-order valence-corrected chi connectivity index (χ3v) is 7.53. The summed E-state index contributed by atoms with van der Waals surface area (Å²) in [7, 11) is 0. The van der Waals surface area contributed by atoms with Gasteiger partial charge in [-0.3, -0.25) is 19.7 Å². The zero-order valence-corrected chi connectivity index (χ0v) is 21.1. The van der Waals surface area contributed by atoms with Crippen molar-refractivity contribution in [2.45, 2.75) is 24.9 Å². The molecule has 2 aliphatic rings. The average molecular weight is 549 g/mol. The number of amides is 2. The van der Waals surface area contributed by atoms with Gasteiger partial charge < -0.3 is 9.84 Å². The van der Waals surface area contributed by atoms with Gasteiger partial charge in [0.25, 0.3) is 0 Å². The SMILES string of the molecule is CCOc1ccc(N2C(=O)C3C(c4ccc(Br)cc4)NC(Cc4ccccc4)(C(=O)O)C3C2=O)cc1. The summed E-state index contributed by atoms with van der Waals surface area (Å²) < 4.78 is 6.35. The Labute approximate surface area is 217 Å². The molecule has 7 nitrogen and oxygen atoms in total. The van der Waals surface area contributed by atoms with Crippen LogP contribution in [0.2, 0.25) is 0 Å². The van der Waals surface area contributed by atoms with E-state index in [2.05, 4.69) is 21.2 Å². The Balaban J connectivity index is 1.61. The Morgan fingerprint density at radius 2 is 1.67 bits per heavy atom. The molecule has 8 heteroatoms. The Kier molecular flexibility index (Phi) is 6.40.